The van der Waals surface area contributed by atoms with Gasteiger partial charge in [0.1, 0.15) is 6.33 Å². The molecule has 1 amide bonds. The van der Waals surface area contributed by atoms with Gasteiger partial charge in [0.25, 0.3) is 5.16 Å². The molecule has 1 aliphatic rings. The summed E-state index contributed by atoms with van der Waals surface area (Å²) < 4.78 is 25.0. The monoisotopic (exact) mass is 424 g/mol. The topological polar surface area (TPSA) is 132 Å². The number of hydrazone groups is 1. The first-order valence-corrected chi connectivity index (χ1v) is 11.1. The van der Waals surface area contributed by atoms with E-state index in [2.05, 4.69) is 20.6 Å². The number of hydrogen-bond acceptors (Lipinski definition) is 7. The van der Waals surface area contributed by atoms with Crippen molar-refractivity contribution in [1.29, 1.82) is 0 Å². The first-order valence-electron chi connectivity index (χ1n) is 9.21. The number of benzene rings is 2. The van der Waals surface area contributed by atoms with Gasteiger partial charge in [0.15, 0.2) is 0 Å². The summed E-state index contributed by atoms with van der Waals surface area (Å²) in [5, 5.41) is 13.6. The van der Waals surface area contributed by atoms with Crippen LogP contribution < -0.4 is 11.2 Å². The molecule has 4 rings (SSSR count). The van der Waals surface area contributed by atoms with Crippen LogP contribution in [-0.2, 0) is 14.6 Å². The first-order chi connectivity index (χ1) is 14.4. The standard InChI is InChI=1S/C20H20N6O3S/c1-30(28,29)20-25-23-12-26(20)16-7-5-15(6-8-16)24-19(27)18-10-17(18)14-4-2-3-13(9-14)11-22-21/h2-9,11-12,17-18H,10,21H2,1H3,(H,24,27)/t17-,18-/m1/s1. The Bertz CT molecular complexity index is 1220. The van der Waals surface area contributed by atoms with Crippen molar-refractivity contribution in [3.8, 4) is 5.69 Å². The summed E-state index contributed by atoms with van der Waals surface area (Å²) in [5.74, 6) is 5.23. The Morgan fingerprint density at radius 3 is 2.73 bits per heavy atom. The van der Waals surface area contributed by atoms with Crippen molar-refractivity contribution >= 4 is 27.6 Å². The highest BCUT2D eigenvalue weighted by Gasteiger charge is 2.43. The minimum atomic E-state index is -3.51. The van der Waals surface area contributed by atoms with E-state index in [1.165, 1.54) is 10.9 Å². The Labute approximate surface area is 173 Å². The Hall–Kier alpha value is -3.53. The van der Waals surface area contributed by atoms with Crippen molar-refractivity contribution in [1.82, 2.24) is 14.8 Å². The summed E-state index contributed by atoms with van der Waals surface area (Å²) in [6, 6.07) is 14.7. The third-order valence-electron chi connectivity index (χ3n) is 4.95. The predicted octanol–water partition coefficient (Wildman–Crippen LogP) is 1.71. The van der Waals surface area contributed by atoms with Crippen molar-refractivity contribution in [3.63, 3.8) is 0 Å². The average molecular weight is 424 g/mol. The van der Waals surface area contributed by atoms with Gasteiger partial charge in [-0.3, -0.25) is 9.36 Å². The summed E-state index contributed by atoms with van der Waals surface area (Å²) >= 11 is 0. The van der Waals surface area contributed by atoms with E-state index in [-0.39, 0.29) is 22.9 Å². The molecule has 1 aliphatic carbocycles. The third-order valence-corrected chi connectivity index (χ3v) is 5.89. The van der Waals surface area contributed by atoms with Gasteiger partial charge in [0, 0.05) is 23.5 Å². The zero-order valence-electron chi connectivity index (χ0n) is 16.1. The summed E-state index contributed by atoms with van der Waals surface area (Å²) in [4.78, 5) is 12.6. The summed E-state index contributed by atoms with van der Waals surface area (Å²) in [6.07, 6.45) is 4.77. The van der Waals surface area contributed by atoms with Crippen molar-refractivity contribution in [3.05, 3.63) is 66.0 Å². The number of sulfone groups is 1. The second kappa shape index (κ2) is 7.71. The number of hydrogen-bond donors (Lipinski definition) is 2. The van der Waals surface area contributed by atoms with E-state index in [0.29, 0.717) is 11.4 Å². The van der Waals surface area contributed by atoms with Gasteiger partial charge in [-0.1, -0.05) is 18.2 Å². The van der Waals surface area contributed by atoms with Gasteiger partial charge < -0.3 is 11.2 Å². The van der Waals surface area contributed by atoms with Crippen molar-refractivity contribution in [2.24, 2.45) is 16.9 Å². The van der Waals surface area contributed by atoms with Crippen LogP contribution in [0.4, 0.5) is 5.69 Å². The largest absolute Gasteiger partial charge is 0.326 e. The average Bonchev–Trinajstić information content (AvgIpc) is 3.36. The molecule has 3 N–H and O–H groups in total. The SMILES string of the molecule is CS(=O)(=O)c1nncn1-c1ccc(NC(=O)[C@@H]2C[C@@H]2c2cccc(C=NN)c2)cc1. The van der Waals surface area contributed by atoms with Crippen LogP contribution in [0.5, 0.6) is 0 Å². The molecule has 0 aliphatic heterocycles. The number of nitrogens with one attached hydrogen (secondary N) is 1. The maximum Gasteiger partial charge on any atom is 0.253 e. The molecule has 0 bridgehead atoms. The van der Waals surface area contributed by atoms with Crippen LogP contribution in [0.15, 0.2) is 65.1 Å². The van der Waals surface area contributed by atoms with Crippen LogP contribution in [0.3, 0.4) is 0 Å². The molecule has 1 heterocycles. The van der Waals surface area contributed by atoms with Gasteiger partial charge in [-0.15, -0.1) is 10.2 Å². The van der Waals surface area contributed by atoms with Gasteiger partial charge in [0.05, 0.1) is 6.21 Å². The number of carbonyl (C=O) groups is 1. The van der Waals surface area contributed by atoms with Crippen LogP contribution >= 0.6 is 0 Å². The smallest absolute Gasteiger partial charge is 0.253 e. The van der Waals surface area contributed by atoms with Crippen molar-refractivity contribution in [2.45, 2.75) is 17.5 Å². The maximum absolute atomic E-state index is 12.6. The molecule has 2 atom stereocenters. The second-order valence-electron chi connectivity index (χ2n) is 7.19. The number of carbonyl (C=O) groups excluding carboxylic acids is 1. The van der Waals surface area contributed by atoms with Crippen molar-refractivity contribution in [2.75, 3.05) is 11.6 Å². The van der Waals surface area contributed by atoms with E-state index in [9.17, 15) is 13.2 Å². The summed E-state index contributed by atoms with van der Waals surface area (Å²) in [7, 11) is -3.51. The van der Waals surface area contributed by atoms with Crippen LogP contribution in [-0.4, -0.2) is 41.6 Å². The van der Waals surface area contributed by atoms with E-state index >= 15 is 0 Å². The van der Waals surface area contributed by atoms with E-state index in [1.807, 2.05) is 24.3 Å². The van der Waals surface area contributed by atoms with Gasteiger partial charge in [-0.2, -0.15) is 5.10 Å². The summed E-state index contributed by atoms with van der Waals surface area (Å²) in [5.41, 5.74) is 3.21. The highest BCUT2D eigenvalue weighted by Crippen LogP contribution is 2.48. The molecule has 0 saturated heterocycles. The van der Waals surface area contributed by atoms with Crippen LogP contribution in [0.2, 0.25) is 0 Å². The molecule has 3 aromatic rings. The van der Waals surface area contributed by atoms with Crippen LogP contribution in [0, 0.1) is 5.92 Å². The number of aromatic nitrogens is 3. The molecular weight excluding hydrogens is 404 g/mol. The van der Waals surface area contributed by atoms with Gasteiger partial charge in [-0.05, 0) is 53.8 Å². The molecule has 0 spiro atoms. The number of nitrogens with two attached hydrogens (primary N) is 1. The lowest BCUT2D eigenvalue weighted by atomic mass is 10.1. The Morgan fingerprint density at radius 1 is 1.27 bits per heavy atom. The van der Waals surface area contributed by atoms with Crippen LogP contribution in [0.25, 0.3) is 5.69 Å². The fourth-order valence-corrected chi connectivity index (χ4v) is 4.11. The van der Waals surface area contributed by atoms with Gasteiger partial charge >= 0.3 is 0 Å². The first kappa shape index (κ1) is 19.8. The third kappa shape index (κ3) is 4.08. The molecule has 2 aromatic carbocycles. The molecule has 9 nitrogen and oxygen atoms in total. The second-order valence-corrected chi connectivity index (χ2v) is 9.10. The Balaban J connectivity index is 1.43. The minimum absolute atomic E-state index is 0.0493. The number of anilines is 1. The fraction of sp³-hybridized carbons (Fsp3) is 0.200. The quantitative estimate of drug-likeness (QED) is 0.352. The Kier molecular flexibility index (Phi) is 5.08. The molecule has 30 heavy (non-hydrogen) atoms. The number of rotatable bonds is 6. The number of nitrogens with zero attached hydrogens (tertiary/aromatic N) is 4. The molecule has 0 radical (unpaired) electrons. The number of amides is 1. The molecule has 1 fully saturated rings. The highest BCUT2D eigenvalue weighted by atomic mass is 32.2. The van der Waals surface area contributed by atoms with Gasteiger partial charge in [-0.25, -0.2) is 8.42 Å². The molecule has 1 saturated carbocycles. The Morgan fingerprint density at radius 2 is 2.03 bits per heavy atom. The normalized spacial score (nSPS) is 18.4. The molecule has 0 unspecified atom stereocenters. The van der Waals surface area contributed by atoms with Crippen molar-refractivity contribution < 1.29 is 13.2 Å². The minimum Gasteiger partial charge on any atom is -0.326 e. The summed E-state index contributed by atoms with van der Waals surface area (Å²) in [6.45, 7) is 0. The molecule has 1 aromatic heterocycles. The lowest BCUT2D eigenvalue weighted by molar-refractivity contribution is -0.117. The molecule has 154 valence electrons. The highest BCUT2D eigenvalue weighted by molar-refractivity contribution is 7.90. The van der Waals surface area contributed by atoms with Gasteiger partial charge in [0.2, 0.25) is 15.7 Å². The fourth-order valence-electron chi connectivity index (χ4n) is 3.40. The lowest BCUT2D eigenvalue weighted by Gasteiger charge is -2.08. The zero-order valence-corrected chi connectivity index (χ0v) is 17.0. The zero-order chi connectivity index (χ0) is 21.3. The maximum atomic E-state index is 12.6. The van der Waals surface area contributed by atoms with Crippen LogP contribution in [0.1, 0.15) is 23.5 Å². The van der Waals surface area contributed by atoms with E-state index in [1.54, 1.807) is 30.5 Å². The van der Waals surface area contributed by atoms with E-state index < -0.39 is 9.84 Å². The molecular formula is C20H20N6O3S. The van der Waals surface area contributed by atoms with E-state index in [0.717, 1.165) is 23.8 Å². The molecule has 10 heteroatoms. The lowest BCUT2D eigenvalue weighted by Crippen LogP contribution is -2.14. The predicted molar refractivity (Wildman–Crippen MR) is 112 cm³/mol. The van der Waals surface area contributed by atoms with E-state index in [4.69, 9.17) is 5.84 Å².